The van der Waals surface area contributed by atoms with E-state index < -0.39 is 42.8 Å². The molecule has 9 nitrogen and oxygen atoms in total. The zero-order valence-corrected chi connectivity index (χ0v) is 17.5. The predicted molar refractivity (Wildman–Crippen MR) is 113 cm³/mol. The number of hydrogen-bond acceptors (Lipinski definition) is 5. The highest BCUT2D eigenvalue weighted by Crippen LogP contribution is 2.35. The van der Waals surface area contributed by atoms with Gasteiger partial charge in [-0.15, -0.1) is 0 Å². The van der Waals surface area contributed by atoms with Gasteiger partial charge in [0.2, 0.25) is 5.91 Å². The molecule has 1 aliphatic rings. The molecule has 0 saturated carbocycles. The molecule has 0 aliphatic carbocycles. The largest absolute Gasteiger partial charge is 0.479 e. The van der Waals surface area contributed by atoms with Crippen LogP contribution >= 0.6 is 23.2 Å². The summed E-state index contributed by atoms with van der Waals surface area (Å²) in [5.74, 6) is -3.50. The van der Waals surface area contributed by atoms with Gasteiger partial charge in [0.05, 0.1) is 15.7 Å². The summed E-state index contributed by atoms with van der Waals surface area (Å²) < 4.78 is 18.7. The Morgan fingerprint density at radius 3 is 2.47 bits per heavy atom. The molecule has 1 aliphatic heterocycles. The van der Waals surface area contributed by atoms with Crippen LogP contribution in [0.4, 0.5) is 14.9 Å². The number of ether oxygens (including phenoxy) is 1. The van der Waals surface area contributed by atoms with Crippen molar-refractivity contribution >= 4 is 58.8 Å². The Morgan fingerprint density at radius 1 is 1.19 bits per heavy atom. The second-order valence-corrected chi connectivity index (χ2v) is 7.22. The number of halogens is 3. The highest BCUT2D eigenvalue weighted by atomic mass is 35.5. The van der Waals surface area contributed by atoms with Gasteiger partial charge in [0.25, 0.3) is 5.91 Å². The summed E-state index contributed by atoms with van der Waals surface area (Å²) in [7, 11) is 0. The average molecular weight is 482 g/mol. The first kappa shape index (κ1) is 23.0. The van der Waals surface area contributed by atoms with Gasteiger partial charge in [-0.25, -0.2) is 18.9 Å². The molecule has 1 saturated heterocycles. The number of benzene rings is 2. The number of carbonyl (C=O) groups is 4. The van der Waals surface area contributed by atoms with E-state index in [1.54, 1.807) is 0 Å². The number of carbonyl (C=O) groups excluding carboxylic acids is 3. The molecule has 3 rings (SSSR count). The lowest BCUT2D eigenvalue weighted by atomic mass is 10.1. The number of nitrogens with one attached hydrogen (secondary N) is 2. The van der Waals surface area contributed by atoms with E-state index in [9.17, 15) is 23.6 Å². The molecule has 2 aromatic carbocycles. The van der Waals surface area contributed by atoms with Crippen LogP contribution in [0.5, 0.6) is 5.75 Å². The van der Waals surface area contributed by atoms with Crippen molar-refractivity contribution in [1.29, 1.82) is 0 Å². The number of nitrogens with zero attached hydrogens (tertiary/aromatic N) is 1. The van der Waals surface area contributed by atoms with Crippen LogP contribution in [0.2, 0.25) is 10.0 Å². The summed E-state index contributed by atoms with van der Waals surface area (Å²) >= 11 is 12.1. The molecule has 1 fully saturated rings. The Labute approximate surface area is 190 Å². The molecule has 0 radical (unpaired) electrons. The van der Waals surface area contributed by atoms with Crippen molar-refractivity contribution in [3.8, 4) is 5.75 Å². The molecule has 0 bridgehead atoms. The van der Waals surface area contributed by atoms with Gasteiger partial charge in [0.1, 0.15) is 18.1 Å². The van der Waals surface area contributed by atoms with Gasteiger partial charge < -0.3 is 20.5 Å². The fourth-order valence-corrected chi connectivity index (χ4v) is 3.33. The standard InChI is InChI=1S/C20H14Cl2FN3O6/c21-11-5-10(6-12(22)18(11)32-9-17(28)29)7-15-19(30)26(20(31)25-15)8-16(27)24-14-4-2-1-3-13(14)23/h1-7H,8-9H2,(H,24,27)(H,25,31)(H,28,29)/b15-7+. The average Bonchev–Trinajstić information content (AvgIpc) is 2.96. The van der Waals surface area contributed by atoms with E-state index in [2.05, 4.69) is 10.6 Å². The monoisotopic (exact) mass is 481 g/mol. The molecule has 4 amide bonds. The molecule has 0 aromatic heterocycles. The predicted octanol–water partition coefficient (Wildman–Crippen LogP) is 3.13. The number of carboxylic acids is 1. The fraction of sp³-hybridized carbons (Fsp3) is 0.100. The molecule has 166 valence electrons. The Balaban J connectivity index is 1.73. The maximum atomic E-state index is 13.7. The van der Waals surface area contributed by atoms with Crippen molar-refractivity contribution in [3.63, 3.8) is 0 Å². The van der Waals surface area contributed by atoms with Gasteiger partial charge in [0.15, 0.2) is 12.4 Å². The van der Waals surface area contributed by atoms with Crippen molar-refractivity contribution in [2.24, 2.45) is 0 Å². The van der Waals surface area contributed by atoms with Crippen LogP contribution in [0.15, 0.2) is 42.1 Å². The van der Waals surface area contributed by atoms with Crippen LogP contribution in [-0.2, 0) is 14.4 Å². The Hall–Kier alpha value is -3.63. The van der Waals surface area contributed by atoms with E-state index in [4.69, 9.17) is 33.0 Å². The Morgan fingerprint density at radius 2 is 1.84 bits per heavy atom. The molecule has 1 heterocycles. The van der Waals surface area contributed by atoms with Crippen molar-refractivity contribution < 1.29 is 33.4 Å². The highest BCUT2D eigenvalue weighted by molar-refractivity contribution is 6.37. The van der Waals surface area contributed by atoms with Crippen LogP contribution in [0.25, 0.3) is 6.08 Å². The van der Waals surface area contributed by atoms with Gasteiger partial charge in [-0.2, -0.15) is 0 Å². The Bertz CT molecular complexity index is 1130. The number of imide groups is 1. The number of urea groups is 1. The molecule has 3 N–H and O–H groups in total. The maximum absolute atomic E-state index is 13.7. The molecule has 32 heavy (non-hydrogen) atoms. The first-order chi connectivity index (χ1) is 15.2. The van der Waals surface area contributed by atoms with Crippen LogP contribution in [0, 0.1) is 5.82 Å². The summed E-state index contributed by atoms with van der Waals surface area (Å²) in [4.78, 5) is 48.1. The third-order valence-corrected chi connectivity index (χ3v) is 4.65. The summed E-state index contributed by atoms with van der Waals surface area (Å²) in [6.45, 7) is -1.29. The maximum Gasteiger partial charge on any atom is 0.341 e. The lowest BCUT2D eigenvalue weighted by Gasteiger charge is -2.12. The quantitative estimate of drug-likeness (QED) is 0.412. The topological polar surface area (TPSA) is 125 Å². The van der Waals surface area contributed by atoms with E-state index in [0.29, 0.717) is 10.5 Å². The number of para-hydroxylation sites is 1. The summed E-state index contributed by atoms with van der Waals surface area (Å²) in [6, 6.07) is 7.31. The second-order valence-electron chi connectivity index (χ2n) is 6.40. The third-order valence-electron chi connectivity index (χ3n) is 4.08. The molecular weight excluding hydrogens is 468 g/mol. The first-order valence-corrected chi connectivity index (χ1v) is 9.64. The lowest BCUT2D eigenvalue weighted by molar-refractivity contribution is -0.139. The fourth-order valence-electron chi connectivity index (χ4n) is 2.71. The molecule has 0 atom stereocenters. The summed E-state index contributed by atoms with van der Waals surface area (Å²) in [6.07, 6.45) is 1.27. The van der Waals surface area contributed by atoms with Crippen LogP contribution in [0.1, 0.15) is 5.56 Å². The van der Waals surface area contributed by atoms with Crippen molar-refractivity contribution in [2.75, 3.05) is 18.5 Å². The van der Waals surface area contributed by atoms with Crippen molar-refractivity contribution in [2.45, 2.75) is 0 Å². The smallest absolute Gasteiger partial charge is 0.341 e. The number of carboxylic acid groups (broad SMARTS) is 1. The van der Waals surface area contributed by atoms with Gasteiger partial charge in [-0.05, 0) is 35.9 Å². The van der Waals surface area contributed by atoms with Gasteiger partial charge in [-0.1, -0.05) is 35.3 Å². The molecule has 0 unspecified atom stereocenters. The minimum Gasteiger partial charge on any atom is -0.479 e. The van der Waals surface area contributed by atoms with E-state index in [1.165, 1.54) is 36.4 Å². The Kier molecular flexibility index (Phi) is 6.96. The van der Waals surface area contributed by atoms with Gasteiger partial charge >= 0.3 is 12.0 Å². The third kappa shape index (κ3) is 5.34. The second kappa shape index (κ2) is 9.67. The zero-order chi connectivity index (χ0) is 23.4. The van der Waals surface area contributed by atoms with Crippen LogP contribution in [-0.4, -0.2) is 47.0 Å². The van der Waals surface area contributed by atoms with E-state index >= 15 is 0 Å². The van der Waals surface area contributed by atoms with E-state index in [0.717, 1.165) is 6.07 Å². The van der Waals surface area contributed by atoms with Crippen LogP contribution < -0.4 is 15.4 Å². The number of hydrogen-bond donors (Lipinski definition) is 3. The summed E-state index contributed by atoms with van der Waals surface area (Å²) in [5.41, 5.74) is 0.0684. The first-order valence-electron chi connectivity index (χ1n) is 8.88. The SMILES string of the molecule is O=C(O)COc1c(Cl)cc(/C=C2/NC(=O)N(CC(=O)Nc3ccccc3F)C2=O)cc1Cl. The number of anilines is 1. The van der Waals surface area contributed by atoms with E-state index in [-0.39, 0.29) is 27.2 Å². The van der Waals surface area contributed by atoms with Crippen molar-refractivity contribution in [3.05, 3.63) is 63.5 Å². The van der Waals surface area contributed by atoms with Crippen molar-refractivity contribution in [1.82, 2.24) is 10.2 Å². The summed E-state index contributed by atoms with van der Waals surface area (Å²) in [5, 5.41) is 13.3. The van der Waals surface area contributed by atoms with Gasteiger partial charge in [-0.3, -0.25) is 9.59 Å². The molecule has 2 aromatic rings. The number of rotatable bonds is 7. The molecular formula is C20H14Cl2FN3O6. The number of aliphatic carboxylic acids is 1. The minimum atomic E-state index is -1.22. The van der Waals surface area contributed by atoms with Crippen LogP contribution in [0.3, 0.4) is 0 Å². The molecule has 0 spiro atoms. The number of amides is 4. The highest BCUT2D eigenvalue weighted by Gasteiger charge is 2.35. The zero-order valence-electron chi connectivity index (χ0n) is 16.0. The normalized spacial score (nSPS) is 14.5. The van der Waals surface area contributed by atoms with E-state index in [1.807, 2.05) is 0 Å². The molecule has 12 heteroatoms. The minimum absolute atomic E-state index is 0.0107. The van der Waals surface area contributed by atoms with Gasteiger partial charge in [0, 0.05) is 0 Å². The lowest BCUT2D eigenvalue weighted by Crippen LogP contribution is -2.38.